The fourth-order valence-corrected chi connectivity index (χ4v) is 2.97. The summed E-state index contributed by atoms with van der Waals surface area (Å²) in [5, 5.41) is 3.11. The molecular weight excluding hydrogens is 206 g/mol. The molecule has 0 unspecified atom stereocenters. The molecule has 0 bridgehead atoms. The third kappa shape index (κ3) is 2.12. The molecule has 1 spiro atoms. The maximum atomic E-state index is 11.7. The Morgan fingerprint density at radius 3 is 2.75 bits per heavy atom. The zero-order chi connectivity index (χ0) is 11.6. The van der Waals surface area contributed by atoms with Crippen LogP contribution in [0.1, 0.15) is 32.1 Å². The molecule has 16 heavy (non-hydrogen) atoms. The van der Waals surface area contributed by atoms with E-state index in [1.165, 1.54) is 0 Å². The average molecular weight is 225 g/mol. The minimum absolute atomic E-state index is 0.00205. The predicted molar refractivity (Wildman–Crippen MR) is 58.9 cm³/mol. The van der Waals surface area contributed by atoms with Crippen LogP contribution in [0.4, 0.5) is 0 Å². The lowest BCUT2D eigenvalue weighted by Gasteiger charge is -2.35. The number of methoxy groups -OCH3 is 1. The molecule has 1 saturated heterocycles. The molecule has 1 aliphatic carbocycles. The molecule has 0 aromatic carbocycles. The Bertz CT molecular complexity index is 282. The lowest BCUT2D eigenvalue weighted by atomic mass is 9.75. The monoisotopic (exact) mass is 225 g/mol. The number of carbonyl (C=O) groups is 2. The number of rotatable bonds is 3. The average Bonchev–Trinajstić information content (AvgIpc) is 2.57. The molecule has 1 heterocycles. The van der Waals surface area contributed by atoms with Crippen LogP contribution in [0.15, 0.2) is 0 Å². The standard InChI is InChI=1S/C12H19NO3/c1-16-8-10-6-12(13-11(10)15)4-2-9(7-14)3-5-12/h7,9-10H,2-6,8H2,1H3,(H,13,15)/t9-,10-,12-/m0/s1. The van der Waals surface area contributed by atoms with Gasteiger partial charge in [-0.25, -0.2) is 0 Å². The largest absolute Gasteiger partial charge is 0.384 e. The molecule has 0 aromatic rings. The van der Waals surface area contributed by atoms with E-state index in [-0.39, 0.29) is 23.3 Å². The third-order valence-corrected chi connectivity index (χ3v) is 3.94. The van der Waals surface area contributed by atoms with Crippen LogP contribution >= 0.6 is 0 Å². The topological polar surface area (TPSA) is 55.4 Å². The van der Waals surface area contributed by atoms with Crippen LogP contribution in [0.2, 0.25) is 0 Å². The number of carbonyl (C=O) groups excluding carboxylic acids is 2. The Hall–Kier alpha value is -0.900. The molecule has 1 aliphatic heterocycles. The normalized spacial score (nSPS) is 38.7. The first-order valence-corrected chi connectivity index (χ1v) is 5.95. The van der Waals surface area contributed by atoms with Crippen LogP contribution in [0.25, 0.3) is 0 Å². The van der Waals surface area contributed by atoms with E-state index in [2.05, 4.69) is 5.32 Å². The summed E-state index contributed by atoms with van der Waals surface area (Å²) in [6.07, 6.45) is 5.60. The lowest BCUT2D eigenvalue weighted by molar-refractivity contribution is -0.124. The molecule has 0 aromatic heterocycles. The first-order valence-electron chi connectivity index (χ1n) is 5.95. The predicted octanol–water partition coefficient (Wildman–Crippen LogP) is 0.897. The molecule has 1 atom stereocenters. The van der Waals surface area contributed by atoms with Crippen LogP contribution in [-0.2, 0) is 14.3 Å². The van der Waals surface area contributed by atoms with Gasteiger partial charge < -0.3 is 14.8 Å². The molecule has 1 N–H and O–H groups in total. The van der Waals surface area contributed by atoms with Crippen LogP contribution in [0.5, 0.6) is 0 Å². The van der Waals surface area contributed by atoms with Crippen molar-refractivity contribution < 1.29 is 14.3 Å². The Labute approximate surface area is 95.7 Å². The van der Waals surface area contributed by atoms with Gasteiger partial charge in [-0.3, -0.25) is 4.79 Å². The van der Waals surface area contributed by atoms with Crippen LogP contribution < -0.4 is 5.32 Å². The molecule has 2 aliphatic rings. The Morgan fingerprint density at radius 2 is 2.19 bits per heavy atom. The Morgan fingerprint density at radius 1 is 1.50 bits per heavy atom. The zero-order valence-corrected chi connectivity index (χ0v) is 9.70. The number of ether oxygens (including phenoxy) is 1. The molecule has 1 saturated carbocycles. The third-order valence-electron chi connectivity index (χ3n) is 3.94. The van der Waals surface area contributed by atoms with Gasteiger partial charge in [-0.2, -0.15) is 0 Å². The molecule has 2 fully saturated rings. The first kappa shape index (κ1) is 11.6. The summed E-state index contributed by atoms with van der Waals surface area (Å²) in [5.74, 6) is 0.313. The second kappa shape index (κ2) is 4.53. The molecular formula is C12H19NO3. The van der Waals surface area contributed by atoms with Gasteiger partial charge in [-0.15, -0.1) is 0 Å². The molecule has 90 valence electrons. The van der Waals surface area contributed by atoms with E-state index >= 15 is 0 Å². The highest BCUT2D eigenvalue weighted by molar-refractivity contribution is 5.82. The van der Waals surface area contributed by atoms with E-state index < -0.39 is 0 Å². The van der Waals surface area contributed by atoms with E-state index in [9.17, 15) is 9.59 Å². The molecule has 2 rings (SSSR count). The number of nitrogens with one attached hydrogen (secondary N) is 1. The van der Waals surface area contributed by atoms with Crippen molar-refractivity contribution in [3.8, 4) is 0 Å². The molecule has 1 amide bonds. The summed E-state index contributed by atoms with van der Waals surface area (Å²) in [7, 11) is 1.63. The first-order chi connectivity index (χ1) is 7.69. The molecule has 4 heteroatoms. The SMILES string of the molecule is COC[C@@H]1C[C@]2(CC[C@@H](C=O)CC2)NC1=O. The van der Waals surface area contributed by atoms with Crippen molar-refractivity contribution in [2.45, 2.75) is 37.6 Å². The van der Waals surface area contributed by atoms with E-state index in [4.69, 9.17) is 4.74 Å². The van der Waals surface area contributed by atoms with Crippen molar-refractivity contribution in [1.29, 1.82) is 0 Å². The fourth-order valence-electron chi connectivity index (χ4n) is 2.97. The lowest BCUT2D eigenvalue weighted by Crippen LogP contribution is -2.44. The van der Waals surface area contributed by atoms with Gasteiger partial charge in [0.1, 0.15) is 6.29 Å². The van der Waals surface area contributed by atoms with Crippen molar-refractivity contribution in [2.75, 3.05) is 13.7 Å². The van der Waals surface area contributed by atoms with Gasteiger partial charge in [0, 0.05) is 18.6 Å². The summed E-state index contributed by atoms with van der Waals surface area (Å²) >= 11 is 0. The second-order valence-corrected chi connectivity index (χ2v) is 5.10. The van der Waals surface area contributed by atoms with E-state index in [1.807, 2.05) is 0 Å². The number of hydrogen-bond donors (Lipinski definition) is 1. The quantitative estimate of drug-likeness (QED) is 0.726. The van der Waals surface area contributed by atoms with Gasteiger partial charge in [0.2, 0.25) is 5.91 Å². The molecule has 0 radical (unpaired) electrons. The van der Waals surface area contributed by atoms with Crippen LogP contribution in [-0.4, -0.2) is 31.4 Å². The second-order valence-electron chi connectivity index (χ2n) is 5.10. The van der Waals surface area contributed by atoms with Crippen molar-refractivity contribution in [1.82, 2.24) is 5.32 Å². The van der Waals surface area contributed by atoms with E-state index in [0.29, 0.717) is 6.61 Å². The maximum absolute atomic E-state index is 11.7. The summed E-state index contributed by atoms with van der Waals surface area (Å²) < 4.78 is 5.06. The number of aldehydes is 1. The summed E-state index contributed by atoms with van der Waals surface area (Å²) in [6, 6.07) is 0. The van der Waals surface area contributed by atoms with Gasteiger partial charge in [0.15, 0.2) is 0 Å². The highest BCUT2D eigenvalue weighted by Gasteiger charge is 2.45. The highest BCUT2D eigenvalue weighted by Crippen LogP contribution is 2.39. The minimum Gasteiger partial charge on any atom is -0.384 e. The zero-order valence-electron chi connectivity index (χ0n) is 9.70. The van der Waals surface area contributed by atoms with Crippen molar-refractivity contribution in [3.05, 3.63) is 0 Å². The van der Waals surface area contributed by atoms with Gasteiger partial charge in [-0.1, -0.05) is 0 Å². The Kier molecular flexibility index (Phi) is 3.28. The van der Waals surface area contributed by atoms with Crippen molar-refractivity contribution in [3.63, 3.8) is 0 Å². The Balaban J connectivity index is 1.96. The number of hydrogen-bond acceptors (Lipinski definition) is 3. The van der Waals surface area contributed by atoms with E-state index in [1.54, 1.807) is 7.11 Å². The highest BCUT2D eigenvalue weighted by atomic mass is 16.5. The van der Waals surface area contributed by atoms with Crippen molar-refractivity contribution >= 4 is 12.2 Å². The van der Waals surface area contributed by atoms with Gasteiger partial charge in [0.05, 0.1) is 12.5 Å². The summed E-state index contributed by atoms with van der Waals surface area (Å²) in [4.78, 5) is 22.4. The number of amides is 1. The molecule has 4 nitrogen and oxygen atoms in total. The van der Waals surface area contributed by atoms with E-state index in [0.717, 1.165) is 38.4 Å². The van der Waals surface area contributed by atoms with Gasteiger partial charge in [0.25, 0.3) is 0 Å². The van der Waals surface area contributed by atoms with Crippen LogP contribution in [0, 0.1) is 11.8 Å². The summed E-state index contributed by atoms with van der Waals surface area (Å²) in [5.41, 5.74) is -0.0419. The smallest absolute Gasteiger partial charge is 0.225 e. The maximum Gasteiger partial charge on any atom is 0.225 e. The van der Waals surface area contributed by atoms with Crippen LogP contribution in [0.3, 0.4) is 0 Å². The fraction of sp³-hybridized carbons (Fsp3) is 0.833. The van der Waals surface area contributed by atoms with Crippen molar-refractivity contribution in [2.24, 2.45) is 11.8 Å². The van der Waals surface area contributed by atoms with Gasteiger partial charge >= 0.3 is 0 Å². The minimum atomic E-state index is -0.0419. The summed E-state index contributed by atoms with van der Waals surface area (Å²) in [6.45, 7) is 0.505. The van der Waals surface area contributed by atoms with Gasteiger partial charge in [-0.05, 0) is 32.1 Å².